The fourth-order valence-corrected chi connectivity index (χ4v) is 2.80. The normalized spacial score (nSPS) is 24.5. The van der Waals surface area contributed by atoms with E-state index in [1.165, 1.54) is 0 Å². The van der Waals surface area contributed by atoms with Crippen molar-refractivity contribution >= 4 is 0 Å². The first-order valence-corrected chi connectivity index (χ1v) is 6.89. The summed E-state index contributed by atoms with van der Waals surface area (Å²) in [5.74, 6) is 0. The van der Waals surface area contributed by atoms with Crippen molar-refractivity contribution < 1.29 is 5.11 Å². The molecule has 1 rings (SSSR count). The number of hydrogen-bond acceptors (Lipinski definition) is 4. The van der Waals surface area contributed by atoms with Crippen molar-refractivity contribution in [3.8, 4) is 0 Å². The lowest BCUT2D eigenvalue weighted by Gasteiger charge is -2.43. The second kappa shape index (κ2) is 6.69. The van der Waals surface area contributed by atoms with Gasteiger partial charge in [0.1, 0.15) is 0 Å². The number of nitrogens with two attached hydrogens (primary N) is 1. The van der Waals surface area contributed by atoms with E-state index >= 15 is 0 Å². The van der Waals surface area contributed by atoms with Gasteiger partial charge in [-0.2, -0.15) is 0 Å². The predicted octanol–water partition coefficient (Wildman–Crippen LogP) is 0.549. The number of rotatable bonds is 6. The van der Waals surface area contributed by atoms with Crippen LogP contribution in [0.4, 0.5) is 0 Å². The molecule has 0 aromatic carbocycles. The Hall–Kier alpha value is -0.160. The number of hydrogen-bond donors (Lipinski definition) is 3. The Bertz CT molecular complexity index is 213. The molecule has 1 aliphatic rings. The number of nitrogens with zero attached hydrogens (tertiary/aromatic N) is 1. The average molecular weight is 243 g/mol. The number of nitrogens with one attached hydrogen (secondary N) is 1. The fraction of sp³-hybridized carbons (Fsp3) is 1.00. The molecule has 0 radical (unpaired) electrons. The van der Waals surface area contributed by atoms with E-state index in [4.69, 9.17) is 5.73 Å². The van der Waals surface area contributed by atoms with E-state index in [-0.39, 0.29) is 11.6 Å². The minimum absolute atomic E-state index is 0.0833. The van der Waals surface area contributed by atoms with Gasteiger partial charge in [-0.25, -0.2) is 0 Å². The molecule has 17 heavy (non-hydrogen) atoms. The summed E-state index contributed by atoms with van der Waals surface area (Å²) in [6.45, 7) is 10.3. The molecule has 4 N–H and O–H groups in total. The molecule has 0 aromatic rings. The van der Waals surface area contributed by atoms with Crippen molar-refractivity contribution in [1.82, 2.24) is 10.2 Å². The van der Waals surface area contributed by atoms with Gasteiger partial charge in [-0.1, -0.05) is 6.92 Å². The fourth-order valence-electron chi connectivity index (χ4n) is 2.80. The van der Waals surface area contributed by atoms with Crippen molar-refractivity contribution in [2.24, 2.45) is 5.73 Å². The molecular weight excluding hydrogens is 214 g/mol. The molecule has 1 saturated heterocycles. The Morgan fingerprint density at radius 2 is 1.94 bits per heavy atom. The van der Waals surface area contributed by atoms with Crippen molar-refractivity contribution in [2.75, 3.05) is 26.2 Å². The largest absolute Gasteiger partial charge is 0.393 e. The average Bonchev–Trinajstić information content (AvgIpc) is 2.29. The molecular formula is C13H29N3O. The highest BCUT2D eigenvalue weighted by Crippen LogP contribution is 2.22. The van der Waals surface area contributed by atoms with Crippen molar-refractivity contribution in [2.45, 2.75) is 57.7 Å². The first-order chi connectivity index (χ1) is 8.01. The van der Waals surface area contributed by atoms with Crippen LogP contribution < -0.4 is 11.1 Å². The van der Waals surface area contributed by atoms with E-state index in [9.17, 15) is 5.11 Å². The zero-order chi connectivity index (χ0) is 12.9. The number of aliphatic hydroxyl groups excluding tert-OH is 1. The standard InChI is InChI=1S/C13H29N3O/c1-4-16-7-5-13(10-14,6-8-16)15-11(2)9-12(3)17/h11-12,15,17H,4-10,14H2,1-3H3. The summed E-state index contributed by atoms with van der Waals surface area (Å²) in [6.07, 6.45) is 2.77. The molecule has 0 saturated carbocycles. The number of piperidine rings is 1. The molecule has 1 fully saturated rings. The zero-order valence-corrected chi connectivity index (χ0v) is 11.6. The molecule has 4 nitrogen and oxygen atoms in total. The number of aliphatic hydroxyl groups is 1. The van der Waals surface area contributed by atoms with E-state index in [2.05, 4.69) is 24.1 Å². The van der Waals surface area contributed by atoms with Crippen LogP contribution in [-0.2, 0) is 0 Å². The summed E-state index contributed by atoms with van der Waals surface area (Å²) < 4.78 is 0. The van der Waals surface area contributed by atoms with Crippen molar-refractivity contribution in [1.29, 1.82) is 0 Å². The maximum Gasteiger partial charge on any atom is 0.0526 e. The molecule has 2 atom stereocenters. The van der Waals surface area contributed by atoms with Crippen molar-refractivity contribution in [3.63, 3.8) is 0 Å². The maximum atomic E-state index is 9.41. The van der Waals surface area contributed by atoms with E-state index in [0.29, 0.717) is 12.6 Å². The predicted molar refractivity (Wildman–Crippen MR) is 72.0 cm³/mol. The van der Waals surface area contributed by atoms with Gasteiger partial charge in [-0.15, -0.1) is 0 Å². The van der Waals surface area contributed by atoms with Crippen molar-refractivity contribution in [3.05, 3.63) is 0 Å². The van der Waals surface area contributed by atoms with Crippen LogP contribution in [0.1, 0.15) is 40.0 Å². The van der Waals surface area contributed by atoms with Gasteiger partial charge in [0.05, 0.1) is 6.10 Å². The summed E-state index contributed by atoms with van der Waals surface area (Å²) in [5.41, 5.74) is 6.04. The van der Waals surface area contributed by atoms with Gasteiger partial charge in [0.2, 0.25) is 0 Å². The summed E-state index contributed by atoms with van der Waals surface area (Å²) in [5, 5.41) is 13.1. The van der Waals surface area contributed by atoms with Crippen LogP contribution >= 0.6 is 0 Å². The summed E-state index contributed by atoms with van der Waals surface area (Å²) in [6, 6.07) is 0.326. The quantitative estimate of drug-likeness (QED) is 0.637. The number of likely N-dealkylation sites (tertiary alicyclic amines) is 1. The SMILES string of the molecule is CCN1CCC(CN)(NC(C)CC(C)O)CC1. The molecule has 1 aliphatic heterocycles. The molecule has 4 heteroatoms. The first kappa shape index (κ1) is 14.9. The Balaban J connectivity index is 2.47. The molecule has 0 spiro atoms. The Kier molecular flexibility index (Phi) is 5.86. The lowest BCUT2D eigenvalue weighted by molar-refractivity contribution is 0.117. The highest BCUT2D eigenvalue weighted by molar-refractivity contribution is 4.95. The van der Waals surface area contributed by atoms with Crippen LogP contribution in [0.2, 0.25) is 0 Å². The first-order valence-electron chi connectivity index (χ1n) is 6.89. The Labute approximate surface area is 106 Å². The molecule has 0 aromatic heterocycles. The lowest BCUT2D eigenvalue weighted by Crippen LogP contribution is -2.60. The van der Waals surface area contributed by atoms with Gasteiger partial charge in [-0.05, 0) is 52.7 Å². The van der Waals surface area contributed by atoms with E-state index < -0.39 is 0 Å². The second-order valence-electron chi connectivity index (χ2n) is 5.55. The third-order valence-corrected chi connectivity index (χ3v) is 3.90. The molecule has 0 aliphatic carbocycles. The Morgan fingerprint density at radius 1 is 1.35 bits per heavy atom. The molecule has 102 valence electrons. The zero-order valence-electron chi connectivity index (χ0n) is 11.6. The molecule has 2 unspecified atom stereocenters. The minimum atomic E-state index is -0.247. The van der Waals surface area contributed by atoms with E-state index in [1.807, 2.05) is 6.92 Å². The highest BCUT2D eigenvalue weighted by atomic mass is 16.3. The van der Waals surface area contributed by atoms with E-state index in [0.717, 1.165) is 38.9 Å². The van der Waals surface area contributed by atoms with Gasteiger partial charge >= 0.3 is 0 Å². The molecule has 0 amide bonds. The van der Waals surface area contributed by atoms with Crippen LogP contribution in [-0.4, -0.2) is 53.9 Å². The molecule has 0 bridgehead atoms. The lowest BCUT2D eigenvalue weighted by atomic mass is 9.86. The van der Waals surface area contributed by atoms with Gasteiger partial charge in [0.15, 0.2) is 0 Å². The topological polar surface area (TPSA) is 61.5 Å². The summed E-state index contributed by atoms with van der Waals surface area (Å²) in [7, 11) is 0. The van der Waals surface area contributed by atoms with Gasteiger partial charge in [-0.3, -0.25) is 0 Å². The maximum absolute atomic E-state index is 9.41. The van der Waals surface area contributed by atoms with Crippen LogP contribution in [0.3, 0.4) is 0 Å². The van der Waals surface area contributed by atoms with Crippen LogP contribution in [0.25, 0.3) is 0 Å². The summed E-state index contributed by atoms with van der Waals surface area (Å²) >= 11 is 0. The van der Waals surface area contributed by atoms with Gasteiger partial charge in [0, 0.05) is 18.1 Å². The second-order valence-corrected chi connectivity index (χ2v) is 5.55. The smallest absolute Gasteiger partial charge is 0.0526 e. The third kappa shape index (κ3) is 4.54. The van der Waals surface area contributed by atoms with E-state index in [1.54, 1.807) is 0 Å². The van der Waals surface area contributed by atoms with Crippen LogP contribution in [0, 0.1) is 0 Å². The third-order valence-electron chi connectivity index (χ3n) is 3.90. The highest BCUT2D eigenvalue weighted by Gasteiger charge is 2.33. The van der Waals surface area contributed by atoms with Crippen LogP contribution in [0.5, 0.6) is 0 Å². The molecule has 1 heterocycles. The van der Waals surface area contributed by atoms with Crippen LogP contribution in [0.15, 0.2) is 0 Å². The summed E-state index contributed by atoms with van der Waals surface area (Å²) in [4.78, 5) is 2.47. The monoisotopic (exact) mass is 243 g/mol. The minimum Gasteiger partial charge on any atom is -0.393 e. The van der Waals surface area contributed by atoms with Gasteiger partial charge < -0.3 is 21.1 Å². The Morgan fingerprint density at radius 3 is 2.35 bits per heavy atom. The van der Waals surface area contributed by atoms with Gasteiger partial charge in [0.25, 0.3) is 0 Å².